The fourth-order valence-corrected chi connectivity index (χ4v) is 1.97. The number of aliphatic imine (C=N–C) groups is 1. The molecule has 0 saturated carbocycles. The number of hydrogen-bond acceptors (Lipinski definition) is 5. The molecule has 0 radical (unpaired) electrons. The van der Waals surface area contributed by atoms with Gasteiger partial charge in [0, 0.05) is 23.2 Å². The molecule has 0 amide bonds. The van der Waals surface area contributed by atoms with Gasteiger partial charge in [-0.15, -0.1) is 11.8 Å². The standard InChI is InChI=1S/C14H12N2O3S/c1-20-13-5-2-11(3-6-13)15-9-10-8-12(16(18)19)4-7-14(10)17/h2-9,17H,1H3/p-1. The van der Waals surface area contributed by atoms with Gasteiger partial charge in [0.05, 0.1) is 10.6 Å². The quantitative estimate of drug-likeness (QED) is 0.374. The maximum absolute atomic E-state index is 11.6. The predicted molar refractivity (Wildman–Crippen MR) is 78.0 cm³/mol. The Morgan fingerprint density at radius 2 is 1.90 bits per heavy atom. The molecule has 2 aromatic carbocycles. The molecule has 2 aromatic rings. The average Bonchev–Trinajstić information content (AvgIpc) is 2.46. The summed E-state index contributed by atoms with van der Waals surface area (Å²) in [5.41, 5.74) is 0.769. The van der Waals surface area contributed by atoms with Gasteiger partial charge >= 0.3 is 0 Å². The van der Waals surface area contributed by atoms with Crippen molar-refractivity contribution < 1.29 is 10.0 Å². The highest BCUT2D eigenvalue weighted by Crippen LogP contribution is 2.22. The molecule has 2 rings (SSSR count). The largest absolute Gasteiger partial charge is 0.872 e. The summed E-state index contributed by atoms with van der Waals surface area (Å²) in [5, 5.41) is 22.3. The monoisotopic (exact) mass is 287 g/mol. The Morgan fingerprint density at radius 3 is 2.50 bits per heavy atom. The van der Waals surface area contributed by atoms with E-state index in [1.165, 1.54) is 24.4 Å². The van der Waals surface area contributed by atoms with Crippen LogP contribution in [0.2, 0.25) is 0 Å². The highest BCUT2D eigenvalue weighted by atomic mass is 32.2. The fraction of sp³-hybridized carbons (Fsp3) is 0.0714. The van der Waals surface area contributed by atoms with Crippen LogP contribution in [0.1, 0.15) is 5.56 Å². The molecule has 0 bridgehead atoms. The maximum Gasteiger partial charge on any atom is 0.270 e. The molecule has 102 valence electrons. The van der Waals surface area contributed by atoms with Crippen LogP contribution in [-0.4, -0.2) is 17.4 Å². The van der Waals surface area contributed by atoms with Gasteiger partial charge in [0.25, 0.3) is 5.69 Å². The third-order valence-electron chi connectivity index (χ3n) is 2.63. The molecule has 6 heteroatoms. The van der Waals surface area contributed by atoms with Crippen molar-refractivity contribution in [2.75, 3.05) is 6.26 Å². The van der Waals surface area contributed by atoms with Crippen LogP contribution < -0.4 is 5.11 Å². The Morgan fingerprint density at radius 1 is 1.20 bits per heavy atom. The Hall–Kier alpha value is -2.34. The van der Waals surface area contributed by atoms with Crippen LogP contribution in [0.3, 0.4) is 0 Å². The van der Waals surface area contributed by atoms with E-state index in [1.807, 2.05) is 30.5 Å². The van der Waals surface area contributed by atoms with Gasteiger partial charge in [-0.1, -0.05) is 11.8 Å². The Labute approximate surface area is 120 Å². The molecule has 0 saturated heterocycles. The number of nitro benzene ring substituents is 1. The van der Waals surface area contributed by atoms with Crippen LogP contribution in [0.5, 0.6) is 5.75 Å². The minimum Gasteiger partial charge on any atom is -0.872 e. The molecule has 0 aliphatic rings. The van der Waals surface area contributed by atoms with Gasteiger partial charge in [-0.2, -0.15) is 0 Å². The number of non-ortho nitro benzene ring substituents is 1. The maximum atomic E-state index is 11.6. The van der Waals surface area contributed by atoms with Crippen molar-refractivity contribution in [2.24, 2.45) is 4.99 Å². The summed E-state index contributed by atoms with van der Waals surface area (Å²) in [7, 11) is 0. The first-order valence-electron chi connectivity index (χ1n) is 5.74. The first-order chi connectivity index (χ1) is 9.60. The average molecular weight is 287 g/mol. The fourth-order valence-electron chi connectivity index (χ4n) is 1.56. The SMILES string of the molecule is CSc1ccc(N=Cc2cc([N+](=O)[O-])ccc2[O-])cc1. The highest BCUT2D eigenvalue weighted by molar-refractivity contribution is 7.98. The second-order valence-corrected chi connectivity index (χ2v) is 4.82. The molecule has 0 fully saturated rings. The highest BCUT2D eigenvalue weighted by Gasteiger charge is 2.05. The number of rotatable bonds is 4. The van der Waals surface area contributed by atoms with Crippen molar-refractivity contribution in [1.29, 1.82) is 0 Å². The lowest BCUT2D eigenvalue weighted by Crippen LogP contribution is -1.98. The number of nitrogens with zero attached hydrogens (tertiary/aromatic N) is 2. The van der Waals surface area contributed by atoms with E-state index < -0.39 is 4.92 Å². The molecular weight excluding hydrogens is 276 g/mol. The molecule has 0 spiro atoms. The summed E-state index contributed by atoms with van der Waals surface area (Å²) in [6, 6.07) is 11.1. The van der Waals surface area contributed by atoms with Crippen molar-refractivity contribution >= 4 is 29.4 Å². The number of nitro groups is 1. The summed E-state index contributed by atoms with van der Waals surface area (Å²) < 4.78 is 0. The van der Waals surface area contributed by atoms with Gasteiger partial charge in [-0.05, 0) is 36.1 Å². The van der Waals surface area contributed by atoms with Crippen molar-refractivity contribution in [1.82, 2.24) is 0 Å². The first-order valence-corrected chi connectivity index (χ1v) is 6.96. The zero-order valence-electron chi connectivity index (χ0n) is 10.6. The van der Waals surface area contributed by atoms with Crippen LogP contribution in [0.15, 0.2) is 52.4 Å². The molecule has 0 aromatic heterocycles. The number of benzene rings is 2. The van der Waals surface area contributed by atoms with E-state index in [1.54, 1.807) is 11.8 Å². The van der Waals surface area contributed by atoms with Crippen LogP contribution in [0.4, 0.5) is 11.4 Å². The summed E-state index contributed by atoms with van der Waals surface area (Å²) in [4.78, 5) is 15.4. The zero-order chi connectivity index (χ0) is 14.5. The summed E-state index contributed by atoms with van der Waals surface area (Å²) >= 11 is 1.62. The number of thioether (sulfide) groups is 1. The van der Waals surface area contributed by atoms with E-state index in [9.17, 15) is 15.2 Å². The van der Waals surface area contributed by atoms with E-state index in [2.05, 4.69) is 4.99 Å². The van der Waals surface area contributed by atoms with Gasteiger partial charge in [-0.25, -0.2) is 0 Å². The summed E-state index contributed by atoms with van der Waals surface area (Å²) in [5.74, 6) is -0.292. The summed E-state index contributed by atoms with van der Waals surface area (Å²) in [6.45, 7) is 0. The normalized spacial score (nSPS) is 10.8. The molecule has 0 heterocycles. The Kier molecular flexibility index (Phi) is 4.37. The number of hydrogen-bond donors (Lipinski definition) is 0. The minimum absolute atomic E-state index is 0.121. The van der Waals surface area contributed by atoms with Crippen LogP contribution in [0.25, 0.3) is 0 Å². The van der Waals surface area contributed by atoms with Crippen molar-refractivity contribution in [3.63, 3.8) is 0 Å². The Bertz CT molecular complexity index is 654. The molecule has 0 aliphatic carbocycles. The lowest BCUT2D eigenvalue weighted by molar-refractivity contribution is -0.385. The van der Waals surface area contributed by atoms with Gasteiger partial charge in [-0.3, -0.25) is 15.1 Å². The van der Waals surface area contributed by atoms with E-state index in [0.29, 0.717) is 5.69 Å². The second kappa shape index (κ2) is 6.21. The third-order valence-corrected chi connectivity index (χ3v) is 3.37. The van der Waals surface area contributed by atoms with Gasteiger partial charge < -0.3 is 5.11 Å². The first kappa shape index (κ1) is 14.1. The molecule has 0 unspecified atom stereocenters. The molecule has 0 atom stereocenters. The van der Waals surface area contributed by atoms with Crippen molar-refractivity contribution in [3.8, 4) is 5.75 Å². The lowest BCUT2D eigenvalue weighted by atomic mass is 10.2. The van der Waals surface area contributed by atoms with Gasteiger partial charge in [0.15, 0.2) is 0 Å². The molecule has 5 nitrogen and oxygen atoms in total. The predicted octanol–water partition coefficient (Wildman–Crippen LogP) is 3.14. The van der Waals surface area contributed by atoms with Crippen LogP contribution >= 0.6 is 11.8 Å². The molecule has 20 heavy (non-hydrogen) atoms. The van der Waals surface area contributed by atoms with Crippen LogP contribution in [0, 0.1) is 10.1 Å². The van der Waals surface area contributed by atoms with E-state index >= 15 is 0 Å². The molecule has 0 aliphatic heterocycles. The van der Waals surface area contributed by atoms with E-state index in [-0.39, 0.29) is 17.0 Å². The smallest absolute Gasteiger partial charge is 0.270 e. The summed E-state index contributed by atoms with van der Waals surface area (Å²) in [6.07, 6.45) is 3.33. The minimum atomic E-state index is -0.538. The third kappa shape index (κ3) is 3.36. The van der Waals surface area contributed by atoms with Crippen molar-refractivity contribution in [2.45, 2.75) is 4.90 Å². The zero-order valence-corrected chi connectivity index (χ0v) is 11.5. The van der Waals surface area contributed by atoms with E-state index in [0.717, 1.165) is 4.90 Å². The van der Waals surface area contributed by atoms with Crippen molar-refractivity contribution in [3.05, 3.63) is 58.1 Å². The van der Waals surface area contributed by atoms with Gasteiger partial charge in [0.2, 0.25) is 0 Å². The molecular formula is C14H11N2O3S-. The van der Waals surface area contributed by atoms with E-state index in [4.69, 9.17) is 0 Å². The Balaban J connectivity index is 2.25. The van der Waals surface area contributed by atoms with Gasteiger partial charge in [0.1, 0.15) is 0 Å². The molecule has 0 N–H and O–H groups in total. The topological polar surface area (TPSA) is 78.6 Å². The lowest BCUT2D eigenvalue weighted by Gasteiger charge is -2.08. The van der Waals surface area contributed by atoms with Crippen LogP contribution in [-0.2, 0) is 0 Å². The second-order valence-electron chi connectivity index (χ2n) is 3.94.